The minimum atomic E-state index is -1.48. The molecule has 2 aromatic carbocycles. The van der Waals surface area contributed by atoms with Gasteiger partial charge in [-0.25, -0.2) is 14.1 Å². The quantitative estimate of drug-likeness (QED) is 0.416. The summed E-state index contributed by atoms with van der Waals surface area (Å²) < 4.78 is 21.0. The zero-order valence-corrected chi connectivity index (χ0v) is 22.3. The van der Waals surface area contributed by atoms with E-state index in [2.05, 4.69) is 0 Å². The summed E-state index contributed by atoms with van der Waals surface area (Å²) in [6, 6.07) is 9.42. The molecule has 4 rings (SSSR count). The molecule has 5 nitrogen and oxygen atoms in total. The third-order valence-electron chi connectivity index (χ3n) is 6.89. The number of amides is 2. The van der Waals surface area contributed by atoms with Gasteiger partial charge in [0, 0.05) is 23.4 Å². The molecule has 0 bridgehead atoms. The molecule has 36 heavy (non-hydrogen) atoms. The molecule has 0 radical (unpaired) electrons. The SMILES string of the molecule is CCOC(=O)C1=C[C@@H](CC(C)(C)C)[C@@]2(C(=O)N(C(C)=O)c3cc(Cl)ccc32)[C@H]1c1cccc(Cl)c1F. The molecule has 1 heterocycles. The second-order valence-electron chi connectivity index (χ2n) is 10.5. The van der Waals surface area contributed by atoms with Crippen LogP contribution in [0.1, 0.15) is 58.1 Å². The monoisotopic (exact) mass is 531 g/mol. The molecule has 1 aliphatic carbocycles. The summed E-state index contributed by atoms with van der Waals surface area (Å²) in [6.45, 7) is 9.16. The van der Waals surface area contributed by atoms with Gasteiger partial charge in [0.15, 0.2) is 0 Å². The Bertz CT molecular complexity index is 1300. The lowest BCUT2D eigenvalue weighted by molar-refractivity contribution is -0.138. The normalized spacial score (nSPS) is 23.2. The molecule has 0 unspecified atom stereocenters. The predicted octanol–water partition coefficient (Wildman–Crippen LogP) is 6.60. The van der Waals surface area contributed by atoms with Gasteiger partial charge < -0.3 is 4.74 Å². The fraction of sp³-hybridized carbons (Fsp3) is 0.393. The number of nitrogens with zero attached hydrogens (tertiary/aromatic N) is 1. The first-order chi connectivity index (χ1) is 16.8. The maximum atomic E-state index is 15.7. The molecule has 8 heteroatoms. The number of hydrogen-bond donors (Lipinski definition) is 0. The second kappa shape index (κ2) is 9.31. The van der Waals surface area contributed by atoms with Crippen LogP contribution in [0.5, 0.6) is 0 Å². The summed E-state index contributed by atoms with van der Waals surface area (Å²) in [4.78, 5) is 41.7. The minimum Gasteiger partial charge on any atom is -0.463 e. The first-order valence-corrected chi connectivity index (χ1v) is 12.6. The van der Waals surface area contributed by atoms with E-state index in [1.165, 1.54) is 19.1 Å². The number of ether oxygens (including phenoxy) is 1. The Balaban J connectivity index is 2.12. The number of carbonyl (C=O) groups is 3. The Kier molecular flexibility index (Phi) is 6.82. The average Bonchev–Trinajstić information content (AvgIpc) is 3.22. The number of allylic oxidation sites excluding steroid dienone is 1. The Morgan fingerprint density at radius 2 is 1.86 bits per heavy atom. The number of imide groups is 1. The number of rotatable bonds is 4. The van der Waals surface area contributed by atoms with Crippen molar-refractivity contribution in [1.29, 1.82) is 0 Å². The van der Waals surface area contributed by atoms with E-state index < -0.39 is 40.9 Å². The number of esters is 1. The van der Waals surface area contributed by atoms with Gasteiger partial charge in [-0.05, 0) is 54.0 Å². The number of halogens is 3. The van der Waals surface area contributed by atoms with Crippen LogP contribution in [0.25, 0.3) is 0 Å². The second-order valence-corrected chi connectivity index (χ2v) is 11.3. The van der Waals surface area contributed by atoms with Crippen LogP contribution in [0.3, 0.4) is 0 Å². The molecule has 1 spiro atoms. The number of benzene rings is 2. The van der Waals surface area contributed by atoms with Crippen LogP contribution in [-0.4, -0.2) is 24.4 Å². The van der Waals surface area contributed by atoms with Gasteiger partial charge in [0.1, 0.15) is 5.82 Å². The van der Waals surface area contributed by atoms with Gasteiger partial charge in [-0.2, -0.15) is 0 Å². The smallest absolute Gasteiger partial charge is 0.334 e. The third kappa shape index (κ3) is 4.04. The van der Waals surface area contributed by atoms with Gasteiger partial charge >= 0.3 is 5.97 Å². The molecule has 0 N–H and O–H groups in total. The molecule has 2 amide bonds. The standard InChI is InChI=1S/C28H28Cl2FNO4/c1-6-36-25(34)19-12-16(14-27(3,4)5)28(23(19)18-8-7-9-21(30)24(18)31)20-11-10-17(29)13-22(20)32(15(2)33)26(28)35/h7-13,16,23H,6,14H2,1-5H3/t16-,23-,28-/m0/s1. The molecule has 1 aliphatic heterocycles. The van der Waals surface area contributed by atoms with E-state index in [0.717, 1.165) is 4.90 Å². The summed E-state index contributed by atoms with van der Waals surface area (Å²) in [7, 11) is 0. The van der Waals surface area contributed by atoms with Crippen molar-refractivity contribution in [3.05, 3.63) is 75.0 Å². The molecule has 0 aromatic heterocycles. The van der Waals surface area contributed by atoms with Crippen molar-refractivity contribution in [2.24, 2.45) is 11.3 Å². The number of hydrogen-bond acceptors (Lipinski definition) is 4. The number of carbonyl (C=O) groups excluding carboxylic acids is 3. The topological polar surface area (TPSA) is 63.7 Å². The van der Waals surface area contributed by atoms with Crippen molar-refractivity contribution in [3.8, 4) is 0 Å². The lowest BCUT2D eigenvalue weighted by atomic mass is 9.61. The summed E-state index contributed by atoms with van der Waals surface area (Å²) in [5.41, 5.74) is -0.630. The highest BCUT2D eigenvalue weighted by Crippen LogP contribution is 2.63. The highest BCUT2D eigenvalue weighted by Gasteiger charge is 2.65. The first kappa shape index (κ1) is 26.4. The maximum Gasteiger partial charge on any atom is 0.334 e. The van der Waals surface area contributed by atoms with Crippen LogP contribution in [0.4, 0.5) is 10.1 Å². The molecular formula is C28H28Cl2FNO4. The zero-order chi connectivity index (χ0) is 26.6. The molecule has 0 saturated heterocycles. The molecule has 190 valence electrons. The van der Waals surface area contributed by atoms with E-state index in [9.17, 15) is 14.4 Å². The maximum absolute atomic E-state index is 15.7. The van der Waals surface area contributed by atoms with Crippen LogP contribution in [0.2, 0.25) is 10.0 Å². The van der Waals surface area contributed by atoms with Crippen LogP contribution < -0.4 is 4.90 Å². The van der Waals surface area contributed by atoms with E-state index in [4.69, 9.17) is 27.9 Å². The van der Waals surface area contributed by atoms with Crippen molar-refractivity contribution < 1.29 is 23.5 Å². The van der Waals surface area contributed by atoms with E-state index in [1.54, 1.807) is 37.3 Å². The van der Waals surface area contributed by atoms with Gasteiger partial charge in [-0.15, -0.1) is 0 Å². The van der Waals surface area contributed by atoms with Crippen molar-refractivity contribution in [2.75, 3.05) is 11.5 Å². The van der Waals surface area contributed by atoms with Crippen LogP contribution in [0.15, 0.2) is 48.0 Å². The Morgan fingerprint density at radius 1 is 1.17 bits per heavy atom. The van der Waals surface area contributed by atoms with Crippen LogP contribution in [0, 0.1) is 17.2 Å². The summed E-state index contributed by atoms with van der Waals surface area (Å²) in [5.74, 6) is -4.00. The van der Waals surface area contributed by atoms with Crippen LogP contribution in [-0.2, 0) is 24.5 Å². The molecule has 0 saturated carbocycles. The molecule has 2 aromatic rings. The Morgan fingerprint density at radius 3 is 2.47 bits per heavy atom. The Labute approximate surface area is 220 Å². The largest absolute Gasteiger partial charge is 0.463 e. The van der Waals surface area contributed by atoms with Gasteiger partial charge in [0.2, 0.25) is 11.8 Å². The molecule has 0 fully saturated rings. The summed E-state index contributed by atoms with van der Waals surface area (Å²) in [6.07, 6.45) is 2.21. The van der Waals surface area contributed by atoms with Gasteiger partial charge in [0.25, 0.3) is 0 Å². The van der Waals surface area contributed by atoms with Crippen molar-refractivity contribution in [3.63, 3.8) is 0 Å². The fourth-order valence-corrected chi connectivity index (χ4v) is 6.09. The summed E-state index contributed by atoms with van der Waals surface area (Å²) in [5, 5.41) is 0.217. The third-order valence-corrected chi connectivity index (χ3v) is 7.41. The molecule has 2 aliphatic rings. The van der Waals surface area contributed by atoms with E-state index >= 15 is 4.39 Å². The lowest BCUT2D eigenvalue weighted by Crippen LogP contribution is -2.49. The van der Waals surface area contributed by atoms with Crippen molar-refractivity contribution in [2.45, 2.75) is 52.4 Å². The average molecular weight is 532 g/mol. The predicted molar refractivity (Wildman–Crippen MR) is 138 cm³/mol. The van der Waals surface area contributed by atoms with Gasteiger partial charge in [-0.3, -0.25) is 9.59 Å². The summed E-state index contributed by atoms with van der Waals surface area (Å²) >= 11 is 12.5. The highest BCUT2D eigenvalue weighted by atomic mass is 35.5. The van der Waals surface area contributed by atoms with E-state index in [1.807, 2.05) is 20.8 Å². The molecular weight excluding hydrogens is 504 g/mol. The first-order valence-electron chi connectivity index (χ1n) is 11.8. The fourth-order valence-electron chi connectivity index (χ4n) is 5.74. The number of fused-ring (bicyclic) bond motifs is 2. The highest BCUT2D eigenvalue weighted by molar-refractivity contribution is 6.32. The minimum absolute atomic E-state index is 0.0952. The van der Waals surface area contributed by atoms with Gasteiger partial charge in [0.05, 0.1) is 22.7 Å². The van der Waals surface area contributed by atoms with Gasteiger partial charge in [-0.1, -0.05) is 68.2 Å². The van der Waals surface area contributed by atoms with Crippen LogP contribution >= 0.6 is 23.2 Å². The lowest BCUT2D eigenvalue weighted by Gasteiger charge is -2.39. The Hall–Kier alpha value is -2.70. The van der Waals surface area contributed by atoms with E-state index in [-0.39, 0.29) is 28.2 Å². The molecule has 3 atom stereocenters. The van der Waals surface area contributed by atoms with Crippen molar-refractivity contribution in [1.82, 2.24) is 0 Å². The number of anilines is 1. The van der Waals surface area contributed by atoms with Crippen molar-refractivity contribution >= 4 is 46.7 Å². The van der Waals surface area contributed by atoms with E-state index in [0.29, 0.717) is 22.7 Å². The zero-order valence-electron chi connectivity index (χ0n) is 20.8.